The standard InChI is InChI=1S/C10H20N2O/c1-2-3-6-10(13)12-7-4-5-9(11)8-12/h9H,2-8,11H2,1H3/t9-/m0/s1. The molecule has 0 bridgehead atoms. The van der Waals surface area contributed by atoms with Gasteiger partial charge in [-0.15, -0.1) is 0 Å². The molecular weight excluding hydrogens is 164 g/mol. The molecule has 0 radical (unpaired) electrons. The summed E-state index contributed by atoms with van der Waals surface area (Å²) in [5.41, 5.74) is 5.80. The van der Waals surface area contributed by atoms with Crippen LogP contribution in [0.4, 0.5) is 0 Å². The second-order valence-corrected chi connectivity index (χ2v) is 3.85. The molecule has 1 atom stereocenters. The highest BCUT2D eigenvalue weighted by Gasteiger charge is 2.20. The summed E-state index contributed by atoms with van der Waals surface area (Å²) < 4.78 is 0. The lowest BCUT2D eigenvalue weighted by atomic mass is 10.1. The highest BCUT2D eigenvalue weighted by Crippen LogP contribution is 2.10. The van der Waals surface area contributed by atoms with Crippen molar-refractivity contribution in [2.45, 2.75) is 45.1 Å². The van der Waals surface area contributed by atoms with Crippen LogP contribution in [0.3, 0.4) is 0 Å². The number of hydrogen-bond donors (Lipinski definition) is 1. The third kappa shape index (κ3) is 3.35. The van der Waals surface area contributed by atoms with Gasteiger partial charge in [-0.05, 0) is 19.3 Å². The van der Waals surface area contributed by atoms with Crippen molar-refractivity contribution < 1.29 is 4.79 Å². The van der Waals surface area contributed by atoms with Crippen molar-refractivity contribution in [3.63, 3.8) is 0 Å². The van der Waals surface area contributed by atoms with Gasteiger partial charge in [-0.1, -0.05) is 13.3 Å². The Morgan fingerprint density at radius 1 is 1.62 bits per heavy atom. The van der Waals surface area contributed by atoms with E-state index in [0.717, 1.165) is 38.8 Å². The average Bonchev–Trinajstić information content (AvgIpc) is 2.14. The first-order valence-electron chi connectivity index (χ1n) is 5.27. The first-order valence-corrected chi connectivity index (χ1v) is 5.27. The molecule has 2 N–H and O–H groups in total. The van der Waals surface area contributed by atoms with Gasteiger partial charge in [-0.2, -0.15) is 0 Å². The van der Waals surface area contributed by atoms with Crippen LogP contribution < -0.4 is 5.73 Å². The predicted molar refractivity (Wildman–Crippen MR) is 53.3 cm³/mol. The molecule has 0 aromatic heterocycles. The minimum absolute atomic E-state index is 0.208. The van der Waals surface area contributed by atoms with E-state index in [0.29, 0.717) is 6.42 Å². The number of carbonyl (C=O) groups excluding carboxylic acids is 1. The molecule has 3 nitrogen and oxygen atoms in total. The van der Waals surface area contributed by atoms with Gasteiger partial charge in [0.25, 0.3) is 0 Å². The first-order chi connectivity index (χ1) is 6.24. The van der Waals surface area contributed by atoms with Crippen molar-refractivity contribution in [1.29, 1.82) is 0 Å². The Morgan fingerprint density at radius 2 is 2.38 bits per heavy atom. The number of hydrogen-bond acceptors (Lipinski definition) is 2. The molecule has 1 aliphatic heterocycles. The Bertz CT molecular complexity index is 170. The third-order valence-electron chi connectivity index (χ3n) is 2.55. The lowest BCUT2D eigenvalue weighted by Crippen LogP contribution is -2.45. The molecule has 1 amide bonds. The van der Waals surface area contributed by atoms with Crippen LogP contribution in [0.2, 0.25) is 0 Å². The Kier molecular flexibility index (Phi) is 4.22. The van der Waals surface area contributed by atoms with E-state index >= 15 is 0 Å². The van der Waals surface area contributed by atoms with Crippen LogP contribution in [0.15, 0.2) is 0 Å². The monoisotopic (exact) mass is 184 g/mol. The van der Waals surface area contributed by atoms with E-state index in [1.165, 1.54) is 0 Å². The summed E-state index contributed by atoms with van der Waals surface area (Å²) in [6.07, 6.45) is 4.93. The molecule has 1 rings (SSSR count). The molecule has 0 spiro atoms. The SMILES string of the molecule is CCCCC(=O)N1CCC[C@H](N)C1. The van der Waals surface area contributed by atoms with Gasteiger partial charge in [-0.25, -0.2) is 0 Å². The van der Waals surface area contributed by atoms with E-state index < -0.39 is 0 Å². The number of piperidine rings is 1. The largest absolute Gasteiger partial charge is 0.341 e. The summed E-state index contributed by atoms with van der Waals surface area (Å²) in [5, 5.41) is 0. The maximum absolute atomic E-state index is 11.6. The second-order valence-electron chi connectivity index (χ2n) is 3.85. The first kappa shape index (κ1) is 10.5. The van der Waals surface area contributed by atoms with E-state index in [1.807, 2.05) is 4.90 Å². The fraction of sp³-hybridized carbons (Fsp3) is 0.900. The average molecular weight is 184 g/mol. The molecule has 0 aliphatic carbocycles. The maximum atomic E-state index is 11.6. The van der Waals surface area contributed by atoms with Crippen molar-refractivity contribution in [2.75, 3.05) is 13.1 Å². The molecule has 0 aromatic carbocycles. The zero-order chi connectivity index (χ0) is 9.68. The third-order valence-corrected chi connectivity index (χ3v) is 2.55. The van der Waals surface area contributed by atoms with Crippen LogP contribution in [0.25, 0.3) is 0 Å². The van der Waals surface area contributed by atoms with E-state index in [1.54, 1.807) is 0 Å². The molecule has 1 heterocycles. The lowest BCUT2D eigenvalue weighted by Gasteiger charge is -2.30. The second kappa shape index (κ2) is 5.22. The fourth-order valence-electron chi connectivity index (χ4n) is 1.72. The van der Waals surface area contributed by atoms with Crippen LogP contribution in [-0.2, 0) is 4.79 Å². The molecule has 1 fully saturated rings. The van der Waals surface area contributed by atoms with Crippen LogP contribution in [-0.4, -0.2) is 29.9 Å². The smallest absolute Gasteiger partial charge is 0.222 e. The van der Waals surface area contributed by atoms with Crippen LogP contribution in [0.5, 0.6) is 0 Å². The van der Waals surface area contributed by atoms with Crippen LogP contribution in [0, 0.1) is 0 Å². The van der Waals surface area contributed by atoms with Gasteiger partial charge in [0.15, 0.2) is 0 Å². The summed E-state index contributed by atoms with van der Waals surface area (Å²) in [7, 11) is 0. The molecule has 0 aromatic rings. The normalized spacial score (nSPS) is 23.2. The van der Waals surface area contributed by atoms with Crippen molar-refractivity contribution in [3.8, 4) is 0 Å². The van der Waals surface area contributed by atoms with Gasteiger partial charge in [0, 0.05) is 25.6 Å². The van der Waals surface area contributed by atoms with E-state index in [2.05, 4.69) is 6.92 Å². The number of carbonyl (C=O) groups is 1. The van der Waals surface area contributed by atoms with E-state index in [-0.39, 0.29) is 11.9 Å². The molecule has 1 saturated heterocycles. The summed E-state index contributed by atoms with van der Waals surface area (Å²) in [6, 6.07) is 0.208. The molecule has 1 aliphatic rings. The van der Waals surface area contributed by atoms with Crippen molar-refractivity contribution in [3.05, 3.63) is 0 Å². The lowest BCUT2D eigenvalue weighted by molar-refractivity contribution is -0.132. The number of rotatable bonds is 3. The minimum atomic E-state index is 0.208. The Morgan fingerprint density at radius 3 is 3.00 bits per heavy atom. The fourth-order valence-corrected chi connectivity index (χ4v) is 1.72. The molecular formula is C10H20N2O. The van der Waals surface area contributed by atoms with Crippen LogP contribution in [0.1, 0.15) is 39.0 Å². The van der Waals surface area contributed by atoms with Gasteiger partial charge in [0.05, 0.1) is 0 Å². The molecule has 13 heavy (non-hydrogen) atoms. The Balaban J connectivity index is 2.28. The summed E-state index contributed by atoms with van der Waals surface area (Å²) >= 11 is 0. The zero-order valence-electron chi connectivity index (χ0n) is 8.46. The number of nitrogens with two attached hydrogens (primary N) is 1. The number of amides is 1. The Labute approximate surface area is 80.3 Å². The van der Waals surface area contributed by atoms with E-state index in [9.17, 15) is 4.79 Å². The highest BCUT2D eigenvalue weighted by atomic mass is 16.2. The van der Waals surface area contributed by atoms with Gasteiger partial charge in [0.2, 0.25) is 5.91 Å². The zero-order valence-corrected chi connectivity index (χ0v) is 8.46. The number of likely N-dealkylation sites (tertiary alicyclic amines) is 1. The molecule has 0 saturated carbocycles. The number of unbranched alkanes of at least 4 members (excludes halogenated alkanes) is 1. The maximum Gasteiger partial charge on any atom is 0.222 e. The summed E-state index contributed by atoms with van der Waals surface area (Å²) in [5.74, 6) is 0.289. The highest BCUT2D eigenvalue weighted by molar-refractivity contribution is 5.76. The molecule has 0 unspecified atom stereocenters. The van der Waals surface area contributed by atoms with Crippen molar-refractivity contribution >= 4 is 5.91 Å². The van der Waals surface area contributed by atoms with Crippen molar-refractivity contribution in [1.82, 2.24) is 4.90 Å². The summed E-state index contributed by atoms with van der Waals surface area (Å²) in [6.45, 7) is 3.79. The van der Waals surface area contributed by atoms with Crippen molar-refractivity contribution in [2.24, 2.45) is 5.73 Å². The predicted octanol–water partition coefficient (Wildman–Crippen LogP) is 1.13. The Hall–Kier alpha value is -0.570. The summed E-state index contributed by atoms with van der Waals surface area (Å²) in [4.78, 5) is 13.5. The van der Waals surface area contributed by atoms with Gasteiger partial charge in [0.1, 0.15) is 0 Å². The topological polar surface area (TPSA) is 46.3 Å². The van der Waals surface area contributed by atoms with Gasteiger partial charge < -0.3 is 10.6 Å². The molecule has 3 heteroatoms. The number of nitrogens with zero attached hydrogens (tertiary/aromatic N) is 1. The quantitative estimate of drug-likeness (QED) is 0.714. The van der Waals surface area contributed by atoms with E-state index in [4.69, 9.17) is 5.73 Å². The molecule has 76 valence electrons. The van der Waals surface area contributed by atoms with Gasteiger partial charge in [-0.3, -0.25) is 4.79 Å². The minimum Gasteiger partial charge on any atom is -0.341 e. The van der Waals surface area contributed by atoms with Gasteiger partial charge >= 0.3 is 0 Å². The van der Waals surface area contributed by atoms with Crippen LogP contribution >= 0.6 is 0 Å².